The van der Waals surface area contributed by atoms with Crippen molar-refractivity contribution in [2.24, 2.45) is 0 Å². The molecule has 15 heavy (non-hydrogen) atoms. The first kappa shape index (κ1) is 9.85. The van der Waals surface area contributed by atoms with E-state index < -0.39 is 5.97 Å². The maximum atomic E-state index is 11.0. The van der Waals surface area contributed by atoms with Crippen LogP contribution in [0.3, 0.4) is 0 Å². The Balaban J connectivity index is 2.63. The Labute approximate surface area is 93.5 Å². The fourth-order valence-corrected chi connectivity index (χ4v) is 1.56. The van der Waals surface area contributed by atoms with E-state index in [0.717, 1.165) is 4.47 Å². The number of carboxylic acids is 1. The molecule has 2 rings (SSSR count). The van der Waals surface area contributed by atoms with Crippen LogP contribution in [0.5, 0.6) is 0 Å². The summed E-state index contributed by atoms with van der Waals surface area (Å²) in [5.41, 5.74) is 0.665. The fraction of sp³-hybridized carbons (Fsp3) is 0. The predicted molar refractivity (Wildman–Crippen MR) is 56.0 cm³/mol. The van der Waals surface area contributed by atoms with Crippen molar-refractivity contribution < 1.29 is 9.90 Å². The third-order valence-electron chi connectivity index (χ3n) is 1.86. The standard InChI is InChI=1S/C9H6BrN3O2/c10-6-1-2-7(9(14)15)8(3-6)13-5-11-4-12-13/h1-5H,(H,14,15). The monoisotopic (exact) mass is 267 g/mol. The number of halogens is 1. The molecule has 0 radical (unpaired) electrons. The minimum absolute atomic E-state index is 0.184. The van der Waals surface area contributed by atoms with E-state index in [9.17, 15) is 4.79 Å². The first-order chi connectivity index (χ1) is 7.18. The molecule has 1 aromatic heterocycles. The van der Waals surface area contributed by atoms with Gasteiger partial charge in [0.25, 0.3) is 0 Å². The molecule has 0 aliphatic rings. The Kier molecular flexibility index (Phi) is 2.51. The molecule has 0 bridgehead atoms. The van der Waals surface area contributed by atoms with Gasteiger partial charge in [0.15, 0.2) is 0 Å². The molecule has 0 unspecified atom stereocenters. The molecule has 0 aliphatic heterocycles. The number of carboxylic acid groups (broad SMARTS) is 1. The highest BCUT2D eigenvalue weighted by molar-refractivity contribution is 9.10. The van der Waals surface area contributed by atoms with Crippen LogP contribution in [0.25, 0.3) is 5.69 Å². The predicted octanol–water partition coefficient (Wildman–Crippen LogP) is 1.73. The van der Waals surface area contributed by atoms with Crippen LogP contribution in [0.4, 0.5) is 0 Å². The largest absolute Gasteiger partial charge is 0.478 e. The Morgan fingerprint density at radius 2 is 2.27 bits per heavy atom. The molecule has 1 heterocycles. The molecule has 0 saturated heterocycles. The van der Waals surface area contributed by atoms with Gasteiger partial charge in [0.1, 0.15) is 12.7 Å². The molecule has 0 aliphatic carbocycles. The topological polar surface area (TPSA) is 68.0 Å². The molecule has 2 aromatic rings. The molecule has 1 aromatic carbocycles. The average molecular weight is 268 g/mol. The van der Waals surface area contributed by atoms with Gasteiger partial charge in [0.05, 0.1) is 11.3 Å². The molecule has 76 valence electrons. The van der Waals surface area contributed by atoms with E-state index in [1.165, 1.54) is 23.4 Å². The number of hydrogen-bond acceptors (Lipinski definition) is 3. The van der Waals surface area contributed by atoms with Crippen molar-refractivity contribution in [1.82, 2.24) is 14.8 Å². The van der Waals surface area contributed by atoms with Gasteiger partial charge in [-0.2, -0.15) is 5.10 Å². The second-order valence-electron chi connectivity index (χ2n) is 2.81. The van der Waals surface area contributed by atoms with E-state index in [0.29, 0.717) is 5.69 Å². The number of benzene rings is 1. The van der Waals surface area contributed by atoms with Crippen LogP contribution >= 0.6 is 15.9 Å². The minimum atomic E-state index is -0.993. The Morgan fingerprint density at radius 3 is 2.87 bits per heavy atom. The van der Waals surface area contributed by atoms with Crippen LogP contribution in [0.1, 0.15) is 10.4 Å². The van der Waals surface area contributed by atoms with Crippen molar-refractivity contribution in [3.63, 3.8) is 0 Å². The van der Waals surface area contributed by atoms with Gasteiger partial charge in [-0.1, -0.05) is 15.9 Å². The Bertz CT molecular complexity index is 496. The maximum absolute atomic E-state index is 11.0. The van der Waals surface area contributed by atoms with Gasteiger partial charge in [-0.25, -0.2) is 14.5 Å². The lowest BCUT2D eigenvalue weighted by atomic mass is 10.2. The normalized spacial score (nSPS) is 10.2. The van der Waals surface area contributed by atoms with Crippen molar-refractivity contribution in [3.8, 4) is 5.69 Å². The molecule has 1 N–H and O–H groups in total. The van der Waals surface area contributed by atoms with Gasteiger partial charge < -0.3 is 5.11 Å². The second-order valence-corrected chi connectivity index (χ2v) is 3.72. The first-order valence-corrected chi connectivity index (χ1v) is 4.85. The summed E-state index contributed by atoms with van der Waals surface area (Å²) in [6.45, 7) is 0. The summed E-state index contributed by atoms with van der Waals surface area (Å²) in [5.74, 6) is -0.993. The quantitative estimate of drug-likeness (QED) is 0.900. The highest BCUT2D eigenvalue weighted by Gasteiger charge is 2.12. The van der Waals surface area contributed by atoms with Gasteiger partial charge in [-0.15, -0.1) is 0 Å². The van der Waals surface area contributed by atoms with Crippen molar-refractivity contribution in [2.45, 2.75) is 0 Å². The van der Waals surface area contributed by atoms with Crippen molar-refractivity contribution in [1.29, 1.82) is 0 Å². The van der Waals surface area contributed by atoms with Crippen LogP contribution in [0.2, 0.25) is 0 Å². The van der Waals surface area contributed by atoms with Crippen molar-refractivity contribution in [3.05, 3.63) is 40.9 Å². The van der Waals surface area contributed by atoms with Crippen LogP contribution in [-0.4, -0.2) is 25.8 Å². The van der Waals surface area contributed by atoms with Crippen LogP contribution in [0.15, 0.2) is 35.3 Å². The van der Waals surface area contributed by atoms with E-state index in [-0.39, 0.29) is 5.56 Å². The summed E-state index contributed by atoms with van der Waals surface area (Å²) in [4.78, 5) is 14.7. The molecular weight excluding hydrogens is 262 g/mol. The number of aromatic carboxylic acids is 1. The highest BCUT2D eigenvalue weighted by atomic mass is 79.9. The van der Waals surface area contributed by atoms with E-state index in [1.807, 2.05) is 0 Å². The van der Waals surface area contributed by atoms with Crippen molar-refractivity contribution in [2.75, 3.05) is 0 Å². The van der Waals surface area contributed by atoms with E-state index in [2.05, 4.69) is 26.0 Å². The van der Waals surface area contributed by atoms with Gasteiger partial charge in [0.2, 0.25) is 0 Å². The lowest BCUT2D eigenvalue weighted by Crippen LogP contribution is -2.05. The van der Waals surface area contributed by atoms with Gasteiger partial charge in [-0.05, 0) is 18.2 Å². The molecule has 5 nitrogen and oxygen atoms in total. The average Bonchev–Trinajstić information content (AvgIpc) is 2.69. The van der Waals surface area contributed by atoms with Crippen LogP contribution in [0, 0.1) is 0 Å². The Hall–Kier alpha value is -1.69. The van der Waals surface area contributed by atoms with Gasteiger partial charge in [-0.3, -0.25) is 0 Å². The summed E-state index contributed by atoms with van der Waals surface area (Å²) < 4.78 is 2.20. The Morgan fingerprint density at radius 1 is 1.47 bits per heavy atom. The summed E-state index contributed by atoms with van der Waals surface area (Å²) in [5, 5.41) is 12.9. The third-order valence-corrected chi connectivity index (χ3v) is 2.35. The zero-order valence-electron chi connectivity index (χ0n) is 7.46. The molecule has 0 spiro atoms. The van der Waals surface area contributed by atoms with Crippen LogP contribution in [-0.2, 0) is 0 Å². The zero-order valence-corrected chi connectivity index (χ0v) is 9.05. The number of hydrogen-bond donors (Lipinski definition) is 1. The summed E-state index contributed by atoms with van der Waals surface area (Å²) >= 11 is 3.28. The van der Waals surface area contributed by atoms with E-state index >= 15 is 0 Å². The number of carbonyl (C=O) groups is 1. The summed E-state index contributed by atoms with van der Waals surface area (Å²) in [7, 11) is 0. The SMILES string of the molecule is O=C(O)c1ccc(Br)cc1-n1cncn1. The van der Waals surface area contributed by atoms with E-state index in [1.54, 1.807) is 12.1 Å². The number of aromatic nitrogens is 3. The lowest BCUT2D eigenvalue weighted by molar-refractivity contribution is 0.0696. The molecule has 6 heteroatoms. The minimum Gasteiger partial charge on any atom is -0.478 e. The molecule has 0 atom stereocenters. The molecular formula is C9H6BrN3O2. The highest BCUT2D eigenvalue weighted by Crippen LogP contribution is 2.19. The summed E-state index contributed by atoms with van der Waals surface area (Å²) in [6.07, 6.45) is 2.81. The zero-order chi connectivity index (χ0) is 10.8. The third kappa shape index (κ3) is 1.89. The molecule has 0 saturated carbocycles. The van der Waals surface area contributed by atoms with Crippen molar-refractivity contribution >= 4 is 21.9 Å². The van der Waals surface area contributed by atoms with Gasteiger partial charge in [0, 0.05) is 4.47 Å². The van der Waals surface area contributed by atoms with E-state index in [4.69, 9.17) is 5.11 Å². The smallest absolute Gasteiger partial charge is 0.337 e. The maximum Gasteiger partial charge on any atom is 0.337 e. The number of rotatable bonds is 2. The molecule has 0 fully saturated rings. The first-order valence-electron chi connectivity index (χ1n) is 4.06. The van der Waals surface area contributed by atoms with Crippen LogP contribution < -0.4 is 0 Å². The summed E-state index contributed by atoms with van der Waals surface area (Å²) in [6, 6.07) is 4.87. The number of nitrogens with zero attached hydrogens (tertiary/aromatic N) is 3. The lowest BCUT2D eigenvalue weighted by Gasteiger charge is -2.05. The second kappa shape index (κ2) is 3.82. The van der Waals surface area contributed by atoms with Gasteiger partial charge >= 0.3 is 5.97 Å². The fourth-order valence-electron chi connectivity index (χ4n) is 1.21. The molecule has 0 amide bonds.